The fourth-order valence-electron chi connectivity index (χ4n) is 1.03. The van der Waals surface area contributed by atoms with E-state index in [1.165, 1.54) is 17.7 Å². The van der Waals surface area contributed by atoms with Crippen LogP contribution in [-0.4, -0.2) is 6.61 Å². The summed E-state index contributed by atoms with van der Waals surface area (Å²) in [7, 11) is 0. The van der Waals surface area contributed by atoms with Crippen molar-refractivity contribution in [1.29, 1.82) is 0 Å². The highest BCUT2D eigenvalue weighted by Gasteiger charge is 1.99. The molecule has 0 fully saturated rings. The van der Waals surface area contributed by atoms with Gasteiger partial charge in [0.1, 0.15) is 18.2 Å². The molecule has 1 nitrogen and oxygen atoms in total. The second-order valence-electron chi connectivity index (χ2n) is 3.50. The molecule has 1 aromatic rings. The Bertz CT molecular complexity index is 338. The average molecular weight is 194 g/mol. The van der Waals surface area contributed by atoms with Gasteiger partial charge in [-0.15, -0.1) is 0 Å². The lowest BCUT2D eigenvalue weighted by atomic mass is 10.2. The Kier molecular flexibility index (Phi) is 3.69. The third kappa shape index (κ3) is 3.21. The van der Waals surface area contributed by atoms with Crippen molar-refractivity contribution >= 4 is 0 Å². The molecule has 0 aliphatic rings. The number of benzene rings is 1. The molecular formula is C12H15FO. The minimum Gasteiger partial charge on any atom is -0.489 e. The zero-order valence-corrected chi connectivity index (χ0v) is 8.80. The standard InChI is InChI=1S/C12H15FO/c1-9(2)6-7-14-12-8-11(13)5-4-10(12)3/h4-6,8H,7H2,1-3H3. The first-order chi connectivity index (χ1) is 6.59. The number of aryl methyl sites for hydroxylation is 1. The van der Waals surface area contributed by atoms with Crippen molar-refractivity contribution in [1.82, 2.24) is 0 Å². The molecule has 0 bridgehead atoms. The van der Waals surface area contributed by atoms with Crippen LogP contribution in [0.25, 0.3) is 0 Å². The lowest BCUT2D eigenvalue weighted by Crippen LogP contribution is -1.96. The number of halogens is 1. The van der Waals surface area contributed by atoms with Crippen LogP contribution in [0.15, 0.2) is 29.8 Å². The van der Waals surface area contributed by atoms with Gasteiger partial charge in [0, 0.05) is 6.07 Å². The van der Waals surface area contributed by atoms with Crippen LogP contribution in [0, 0.1) is 12.7 Å². The van der Waals surface area contributed by atoms with Crippen molar-refractivity contribution in [2.24, 2.45) is 0 Å². The maximum absolute atomic E-state index is 12.8. The lowest BCUT2D eigenvalue weighted by Gasteiger charge is -2.06. The molecule has 0 aliphatic heterocycles. The van der Waals surface area contributed by atoms with Gasteiger partial charge in [0.05, 0.1) is 0 Å². The normalized spacial score (nSPS) is 9.71. The molecule has 0 amide bonds. The number of ether oxygens (including phenoxy) is 1. The van der Waals surface area contributed by atoms with Crippen LogP contribution in [0.5, 0.6) is 5.75 Å². The van der Waals surface area contributed by atoms with Crippen LogP contribution in [0.2, 0.25) is 0 Å². The summed E-state index contributed by atoms with van der Waals surface area (Å²) in [4.78, 5) is 0. The smallest absolute Gasteiger partial charge is 0.126 e. The van der Waals surface area contributed by atoms with Crippen LogP contribution >= 0.6 is 0 Å². The van der Waals surface area contributed by atoms with Gasteiger partial charge in [0.15, 0.2) is 0 Å². The third-order valence-corrected chi connectivity index (χ3v) is 1.88. The van der Waals surface area contributed by atoms with E-state index in [1.54, 1.807) is 6.07 Å². The van der Waals surface area contributed by atoms with Gasteiger partial charge in [-0.25, -0.2) is 4.39 Å². The fourth-order valence-corrected chi connectivity index (χ4v) is 1.03. The molecule has 0 unspecified atom stereocenters. The van der Waals surface area contributed by atoms with E-state index >= 15 is 0 Å². The summed E-state index contributed by atoms with van der Waals surface area (Å²) in [5.41, 5.74) is 2.15. The maximum atomic E-state index is 12.8. The summed E-state index contributed by atoms with van der Waals surface area (Å²) in [5, 5.41) is 0. The van der Waals surface area contributed by atoms with E-state index in [-0.39, 0.29) is 5.82 Å². The molecule has 0 heterocycles. The van der Waals surface area contributed by atoms with E-state index < -0.39 is 0 Å². The first-order valence-corrected chi connectivity index (χ1v) is 4.62. The molecule has 2 heteroatoms. The van der Waals surface area contributed by atoms with Crippen LogP contribution in [0.1, 0.15) is 19.4 Å². The third-order valence-electron chi connectivity index (χ3n) is 1.88. The van der Waals surface area contributed by atoms with Gasteiger partial charge < -0.3 is 4.74 Å². The topological polar surface area (TPSA) is 9.23 Å². The molecule has 1 aromatic carbocycles. The highest BCUT2D eigenvalue weighted by Crippen LogP contribution is 2.18. The molecule has 0 aliphatic carbocycles. The molecule has 0 atom stereocenters. The zero-order chi connectivity index (χ0) is 10.6. The van der Waals surface area contributed by atoms with Crippen molar-refractivity contribution < 1.29 is 9.13 Å². The van der Waals surface area contributed by atoms with Crippen molar-refractivity contribution in [3.05, 3.63) is 41.2 Å². The lowest BCUT2D eigenvalue weighted by molar-refractivity contribution is 0.357. The molecule has 0 aromatic heterocycles. The SMILES string of the molecule is CC(C)=CCOc1cc(F)ccc1C. The van der Waals surface area contributed by atoms with Gasteiger partial charge in [-0.2, -0.15) is 0 Å². The molecule has 0 radical (unpaired) electrons. The van der Waals surface area contributed by atoms with Gasteiger partial charge in [0.25, 0.3) is 0 Å². The minimum atomic E-state index is -0.261. The van der Waals surface area contributed by atoms with Gasteiger partial charge in [0.2, 0.25) is 0 Å². The Morgan fingerprint density at radius 1 is 1.43 bits per heavy atom. The summed E-state index contributed by atoms with van der Waals surface area (Å²) in [6, 6.07) is 4.56. The first kappa shape index (κ1) is 10.8. The molecule has 0 saturated carbocycles. The summed E-state index contributed by atoms with van der Waals surface area (Å²) >= 11 is 0. The zero-order valence-electron chi connectivity index (χ0n) is 8.80. The van der Waals surface area contributed by atoms with E-state index in [0.717, 1.165) is 5.56 Å². The first-order valence-electron chi connectivity index (χ1n) is 4.62. The summed E-state index contributed by atoms with van der Waals surface area (Å²) in [5.74, 6) is 0.352. The van der Waals surface area contributed by atoms with Crippen LogP contribution in [0.4, 0.5) is 4.39 Å². The van der Waals surface area contributed by atoms with Crippen molar-refractivity contribution in [2.75, 3.05) is 6.61 Å². The van der Waals surface area contributed by atoms with Gasteiger partial charge in [-0.1, -0.05) is 11.6 Å². The quantitative estimate of drug-likeness (QED) is 0.669. The monoisotopic (exact) mass is 194 g/mol. The molecule has 1 rings (SSSR count). The van der Waals surface area contributed by atoms with Crippen molar-refractivity contribution in [3.63, 3.8) is 0 Å². The largest absolute Gasteiger partial charge is 0.489 e. The Morgan fingerprint density at radius 3 is 2.79 bits per heavy atom. The van der Waals surface area contributed by atoms with E-state index in [1.807, 2.05) is 26.8 Å². The van der Waals surface area contributed by atoms with E-state index in [0.29, 0.717) is 12.4 Å². The highest BCUT2D eigenvalue weighted by atomic mass is 19.1. The number of hydrogen-bond donors (Lipinski definition) is 0. The number of hydrogen-bond acceptors (Lipinski definition) is 1. The van der Waals surface area contributed by atoms with E-state index in [9.17, 15) is 4.39 Å². The summed E-state index contributed by atoms with van der Waals surface area (Å²) in [6.45, 7) is 6.40. The predicted octanol–water partition coefficient (Wildman–Crippen LogP) is 3.48. The van der Waals surface area contributed by atoms with Crippen LogP contribution in [-0.2, 0) is 0 Å². The second kappa shape index (κ2) is 4.80. The van der Waals surface area contributed by atoms with E-state index in [2.05, 4.69) is 0 Å². The Hall–Kier alpha value is -1.31. The number of allylic oxidation sites excluding steroid dienone is 1. The molecule has 0 spiro atoms. The van der Waals surface area contributed by atoms with Crippen molar-refractivity contribution in [2.45, 2.75) is 20.8 Å². The Morgan fingerprint density at radius 2 is 2.14 bits per heavy atom. The molecular weight excluding hydrogens is 179 g/mol. The minimum absolute atomic E-state index is 0.261. The fraction of sp³-hybridized carbons (Fsp3) is 0.333. The van der Waals surface area contributed by atoms with Gasteiger partial charge in [-0.05, 0) is 38.5 Å². The second-order valence-corrected chi connectivity index (χ2v) is 3.50. The summed E-state index contributed by atoms with van der Waals surface area (Å²) < 4.78 is 18.2. The van der Waals surface area contributed by atoms with Crippen LogP contribution < -0.4 is 4.74 Å². The number of rotatable bonds is 3. The molecule has 76 valence electrons. The van der Waals surface area contributed by atoms with Gasteiger partial charge in [-0.3, -0.25) is 0 Å². The Labute approximate surface area is 84.2 Å². The molecule has 14 heavy (non-hydrogen) atoms. The molecule has 0 saturated heterocycles. The maximum Gasteiger partial charge on any atom is 0.126 e. The average Bonchev–Trinajstić information content (AvgIpc) is 2.10. The Balaban J connectivity index is 2.67. The highest BCUT2D eigenvalue weighted by molar-refractivity contribution is 5.32. The van der Waals surface area contributed by atoms with E-state index in [4.69, 9.17) is 4.74 Å². The predicted molar refractivity (Wildman–Crippen MR) is 56.1 cm³/mol. The van der Waals surface area contributed by atoms with Crippen LogP contribution in [0.3, 0.4) is 0 Å². The van der Waals surface area contributed by atoms with Gasteiger partial charge >= 0.3 is 0 Å². The summed E-state index contributed by atoms with van der Waals surface area (Å²) in [6.07, 6.45) is 1.96. The van der Waals surface area contributed by atoms with Crippen molar-refractivity contribution in [3.8, 4) is 5.75 Å². The molecule has 0 N–H and O–H groups in total.